The Kier molecular flexibility index (Phi) is 7.10. The van der Waals surface area contributed by atoms with Crippen LogP contribution in [0.15, 0.2) is 59.0 Å². The highest BCUT2D eigenvalue weighted by molar-refractivity contribution is 7.80. The van der Waals surface area contributed by atoms with Crippen molar-refractivity contribution in [3.8, 4) is 17.1 Å². The van der Waals surface area contributed by atoms with Crippen LogP contribution in [0.4, 0.5) is 5.69 Å². The molecule has 0 unspecified atom stereocenters. The number of aliphatic hydroxyl groups excluding tert-OH is 1. The van der Waals surface area contributed by atoms with Crippen molar-refractivity contribution in [2.24, 2.45) is 0 Å². The van der Waals surface area contributed by atoms with Crippen LogP contribution in [0.25, 0.3) is 11.3 Å². The van der Waals surface area contributed by atoms with Gasteiger partial charge in [-0.15, -0.1) is 0 Å². The summed E-state index contributed by atoms with van der Waals surface area (Å²) < 4.78 is 11.1. The Balaban J connectivity index is 1.66. The fourth-order valence-electron chi connectivity index (χ4n) is 2.68. The number of carbonyl (C=O) groups is 1. The first-order chi connectivity index (χ1) is 14.4. The molecule has 0 saturated carbocycles. The van der Waals surface area contributed by atoms with Crippen LogP contribution in [-0.2, 0) is 6.61 Å². The van der Waals surface area contributed by atoms with Gasteiger partial charge in [0, 0.05) is 11.1 Å². The molecule has 2 aromatic carbocycles. The van der Waals surface area contributed by atoms with E-state index < -0.39 is 0 Å². The number of aliphatic hydroxyl groups is 1. The van der Waals surface area contributed by atoms with Crippen LogP contribution >= 0.6 is 23.8 Å². The maximum atomic E-state index is 12.4. The molecule has 0 spiro atoms. The molecule has 0 bridgehead atoms. The lowest BCUT2D eigenvalue weighted by Crippen LogP contribution is -2.34. The summed E-state index contributed by atoms with van der Waals surface area (Å²) in [7, 11) is 0. The number of ether oxygens (including phenoxy) is 1. The summed E-state index contributed by atoms with van der Waals surface area (Å²) in [5.74, 6) is 1.38. The number of rotatable bonds is 6. The monoisotopic (exact) mass is 444 g/mol. The molecule has 0 saturated heterocycles. The van der Waals surface area contributed by atoms with Gasteiger partial charge in [0.25, 0.3) is 5.91 Å². The first-order valence-electron chi connectivity index (χ1n) is 9.24. The van der Waals surface area contributed by atoms with Crippen LogP contribution in [-0.4, -0.2) is 22.2 Å². The van der Waals surface area contributed by atoms with Crippen molar-refractivity contribution in [3.63, 3.8) is 0 Å². The van der Waals surface area contributed by atoms with Crippen molar-refractivity contribution in [1.82, 2.24) is 5.32 Å². The molecule has 6 nitrogen and oxygen atoms in total. The Hall–Kier alpha value is -2.87. The molecule has 3 rings (SSSR count). The summed E-state index contributed by atoms with van der Waals surface area (Å²) in [5, 5.41) is 15.3. The van der Waals surface area contributed by atoms with Crippen LogP contribution < -0.4 is 15.4 Å². The average Bonchev–Trinajstić information content (AvgIpc) is 3.19. The maximum Gasteiger partial charge on any atom is 0.257 e. The van der Waals surface area contributed by atoms with E-state index in [9.17, 15) is 4.79 Å². The van der Waals surface area contributed by atoms with E-state index in [0.717, 1.165) is 5.56 Å². The SMILES string of the molecule is CC(C)Oc1ccc(C(=O)NC(=S)Nc2cc(-c3ccc(CO)o3)ccc2Cl)cc1. The molecule has 3 aromatic rings. The smallest absolute Gasteiger partial charge is 0.257 e. The fraction of sp³-hybridized carbons (Fsp3) is 0.182. The number of hydrogen-bond donors (Lipinski definition) is 3. The standard InChI is InChI=1S/C22H21ClN2O4S/c1-13(2)28-16-6-3-14(4-7-16)21(27)25-22(30)24-19-11-15(5-9-18(19)23)20-10-8-17(12-26)29-20/h3-11,13,26H,12H2,1-2H3,(H2,24,25,27,30). The average molecular weight is 445 g/mol. The third kappa shape index (κ3) is 5.60. The van der Waals surface area contributed by atoms with E-state index in [0.29, 0.717) is 33.5 Å². The molecule has 30 heavy (non-hydrogen) atoms. The van der Waals surface area contributed by atoms with Crippen molar-refractivity contribution >= 4 is 40.5 Å². The summed E-state index contributed by atoms with van der Waals surface area (Å²) >= 11 is 11.5. The summed E-state index contributed by atoms with van der Waals surface area (Å²) in [4.78, 5) is 12.4. The summed E-state index contributed by atoms with van der Waals surface area (Å²) in [6.07, 6.45) is 0.0540. The third-order valence-electron chi connectivity index (χ3n) is 4.03. The summed E-state index contributed by atoms with van der Waals surface area (Å²) in [6.45, 7) is 3.68. The molecule has 0 aliphatic carbocycles. The number of benzene rings is 2. The van der Waals surface area contributed by atoms with Crippen molar-refractivity contribution in [2.75, 3.05) is 5.32 Å². The Morgan fingerprint density at radius 3 is 2.53 bits per heavy atom. The van der Waals surface area contributed by atoms with Crippen LogP contribution in [0.1, 0.15) is 30.0 Å². The topological polar surface area (TPSA) is 83.7 Å². The van der Waals surface area contributed by atoms with Crippen LogP contribution in [0, 0.1) is 0 Å². The zero-order valence-corrected chi connectivity index (χ0v) is 18.0. The van der Waals surface area contributed by atoms with E-state index in [4.69, 9.17) is 38.1 Å². The number of hydrogen-bond acceptors (Lipinski definition) is 5. The lowest BCUT2D eigenvalue weighted by Gasteiger charge is -2.13. The van der Waals surface area contributed by atoms with Crippen LogP contribution in [0.5, 0.6) is 5.75 Å². The van der Waals surface area contributed by atoms with Gasteiger partial charge in [0.15, 0.2) is 5.11 Å². The van der Waals surface area contributed by atoms with Crippen molar-refractivity contribution in [1.29, 1.82) is 0 Å². The van der Waals surface area contributed by atoms with Crippen molar-refractivity contribution in [3.05, 3.63) is 70.9 Å². The minimum absolute atomic E-state index is 0.0540. The predicted octanol–water partition coefficient (Wildman–Crippen LogP) is 5.01. The van der Waals surface area contributed by atoms with E-state index in [1.54, 1.807) is 54.6 Å². The zero-order chi connectivity index (χ0) is 21.7. The molecule has 1 heterocycles. The van der Waals surface area contributed by atoms with Gasteiger partial charge in [-0.3, -0.25) is 10.1 Å². The first-order valence-corrected chi connectivity index (χ1v) is 10.0. The van der Waals surface area contributed by atoms with Gasteiger partial charge < -0.3 is 19.6 Å². The lowest BCUT2D eigenvalue weighted by molar-refractivity contribution is 0.0977. The molecule has 0 aliphatic heterocycles. The van der Waals surface area contributed by atoms with Gasteiger partial charge in [0.05, 0.1) is 16.8 Å². The number of halogens is 1. The molecule has 8 heteroatoms. The van der Waals surface area contributed by atoms with E-state index in [1.165, 1.54) is 0 Å². The van der Waals surface area contributed by atoms with Crippen molar-refractivity contribution in [2.45, 2.75) is 26.6 Å². The second-order valence-electron chi connectivity index (χ2n) is 6.72. The largest absolute Gasteiger partial charge is 0.491 e. The molecule has 156 valence electrons. The van der Waals surface area contributed by atoms with Crippen LogP contribution in [0.3, 0.4) is 0 Å². The first kappa shape index (κ1) is 21.8. The Morgan fingerprint density at radius 1 is 1.17 bits per heavy atom. The number of anilines is 1. The molecular formula is C22H21ClN2O4S. The second kappa shape index (κ2) is 9.75. The molecule has 3 N–H and O–H groups in total. The molecule has 0 radical (unpaired) electrons. The quantitative estimate of drug-likeness (QED) is 0.464. The fourth-order valence-corrected chi connectivity index (χ4v) is 3.05. The van der Waals surface area contributed by atoms with Gasteiger partial charge in [0.1, 0.15) is 23.9 Å². The number of carbonyl (C=O) groups excluding carboxylic acids is 1. The molecule has 0 atom stereocenters. The van der Waals surface area contributed by atoms with E-state index >= 15 is 0 Å². The Labute approximate surface area is 184 Å². The number of thiocarbonyl (C=S) groups is 1. The van der Waals surface area contributed by atoms with Gasteiger partial charge in [0.2, 0.25) is 0 Å². The third-order valence-corrected chi connectivity index (χ3v) is 4.57. The van der Waals surface area contributed by atoms with Crippen LogP contribution in [0.2, 0.25) is 5.02 Å². The van der Waals surface area contributed by atoms with Gasteiger partial charge in [-0.05, 0) is 80.7 Å². The lowest BCUT2D eigenvalue weighted by atomic mass is 10.1. The molecular weight excluding hydrogens is 424 g/mol. The minimum atomic E-state index is -0.352. The second-order valence-corrected chi connectivity index (χ2v) is 7.53. The predicted molar refractivity (Wildman–Crippen MR) is 121 cm³/mol. The number of amides is 1. The summed E-state index contributed by atoms with van der Waals surface area (Å²) in [6, 6.07) is 15.5. The highest BCUT2D eigenvalue weighted by Crippen LogP contribution is 2.30. The van der Waals surface area contributed by atoms with Gasteiger partial charge in [-0.2, -0.15) is 0 Å². The normalized spacial score (nSPS) is 10.7. The van der Waals surface area contributed by atoms with Gasteiger partial charge in [-0.1, -0.05) is 11.6 Å². The molecule has 0 aliphatic rings. The highest BCUT2D eigenvalue weighted by Gasteiger charge is 2.12. The molecule has 0 fully saturated rings. The zero-order valence-electron chi connectivity index (χ0n) is 16.4. The highest BCUT2D eigenvalue weighted by atomic mass is 35.5. The maximum absolute atomic E-state index is 12.4. The number of furan rings is 1. The minimum Gasteiger partial charge on any atom is -0.491 e. The van der Waals surface area contributed by atoms with Gasteiger partial charge in [-0.25, -0.2) is 0 Å². The van der Waals surface area contributed by atoms with E-state index in [1.807, 2.05) is 13.8 Å². The Bertz CT molecular complexity index is 1050. The Morgan fingerprint density at radius 2 is 1.90 bits per heavy atom. The van der Waals surface area contributed by atoms with E-state index in [-0.39, 0.29) is 23.7 Å². The number of nitrogens with one attached hydrogen (secondary N) is 2. The van der Waals surface area contributed by atoms with Crippen molar-refractivity contribution < 1.29 is 19.1 Å². The van der Waals surface area contributed by atoms with E-state index in [2.05, 4.69) is 10.6 Å². The molecule has 1 aromatic heterocycles. The summed E-state index contributed by atoms with van der Waals surface area (Å²) in [5.41, 5.74) is 1.71. The van der Waals surface area contributed by atoms with Gasteiger partial charge >= 0.3 is 0 Å². The molecule has 1 amide bonds.